The van der Waals surface area contributed by atoms with Crippen molar-refractivity contribution >= 4 is 11.9 Å². The van der Waals surface area contributed by atoms with Crippen molar-refractivity contribution in [1.29, 1.82) is 0 Å². The number of aliphatic carboxylic acids is 1. The summed E-state index contributed by atoms with van der Waals surface area (Å²) >= 11 is 0. The van der Waals surface area contributed by atoms with Gasteiger partial charge in [0.15, 0.2) is 0 Å². The third-order valence-electron chi connectivity index (χ3n) is 1.68. The lowest BCUT2D eigenvalue weighted by molar-refractivity contribution is -0.312. The minimum absolute atomic E-state index is 0.0394. The van der Waals surface area contributed by atoms with Gasteiger partial charge in [0.1, 0.15) is 6.61 Å². The number of hydrogen-bond donors (Lipinski definition) is 0. The predicted molar refractivity (Wildman–Crippen MR) is 28.6 cm³/mol. The lowest BCUT2D eigenvalue weighted by atomic mass is 9.98. The van der Waals surface area contributed by atoms with E-state index in [4.69, 9.17) is 0 Å². The van der Waals surface area contributed by atoms with Crippen LogP contribution in [0.3, 0.4) is 0 Å². The third-order valence-corrected chi connectivity index (χ3v) is 1.68. The van der Waals surface area contributed by atoms with E-state index in [1.165, 1.54) is 6.92 Å². The van der Waals surface area contributed by atoms with Crippen LogP contribution in [0.1, 0.15) is 6.92 Å². The van der Waals surface area contributed by atoms with Gasteiger partial charge in [-0.25, -0.2) is 0 Å². The number of cyclic esters (lactones) is 1. The van der Waals surface area contributed by atoms with Crippen LogP contribution in [0.2, 0.25) is 0 Å². The van der Waals surface area contributed by atoms with Crippen molar-refractivity contribution in [3.63, 3.8) is 0 Å². The van der Waals surface area contributed by atoms with E-state index in [1.54, 1.807) is 0 Å². The molecule has 1 fully saturated rings. The second kappa shape index (κ2) is 2.28. The smallest absolute Gasteiger partial charge is 0.309 e. The Bertz CT molecular complexity index is 175. The van der Waals surface area contributed by atoms with Crippen molar-refractivity contribution in [3.05, 3.63) is 0 Å². The minimum Gasteiger partial charge on any atom is -0.550 e. The van der Waals surface area contributed by atoms with Gasteiger partial charge in [-0.05, 0) is 0 Å². The number of ether oxygens (including phenoxy) is 1. The van der Waals surface area contributed by atoms with Crippen molar-refractivity contribution in [2.24, 2.45) is 11.8 Å². The second-order valence-electron chi connectivity index (χ2n) is 2.34. The molecule has 0 aliphatic carbocycles. The standard InChI is InChI=1S/C6H8O4/c1-3-4(5(7)8)2-10-6(3)9/h3-4H,2H2,1H3,(H,7,8)/p-1/t3-,4+/m1/s1. The van der Waals surface area contributed by atoms with E-state index >= 15 is 0 Å². The van der Waals surface area contributed by atoms with Crippen molar-refractivity contribution in [1.82, 2.24) is 0 Å². The maximum Gasteiger partial charge on any atom is 0.309 e. The number of carboxylic acid groups (broad SMARTS) is 1. The summed E-state index contributed by atoms with van der Waals surface area (Å²) in [7, 11) is 0. The van der Waals surface area contributed by atoms with Crippen LogP contribution in [0.4, 0.5) is 0 Å². The van der Waals surface area contributed by atoms with E-state index in [2.05, 4.69) is 4.74 Å². The first-order valence-electron chi connectivity index (χ1n) is 3.00. The lowest BCUT2D eigenvalue weighted by Crippen LogP contribution is -2.35. The summed E-state index contributed by atoms with van der Waals surface area (Å²) < 4.78 is 4.48. The fraction of sp³-hybridized carbons (Fsp3) is 0.667. The van der Waals surface area contributed by atoms with Crippen molar-refractivity contribution in [2.75, 3.05) is 6.61 Å². The highest BCUT2D eigenvalue weighted by molar-refractivity contribution is 5.82. The molecule has 1 heterocycles. The molecule has 0 saturated carbocycles. The zero-order chi connectivity index (χ0) is 7.72. The third kappa shape index (κ3) is 0.964. The Labute approximate surface area is 57.8 Å². The maximum atomic E-state index is 10.6. The normalized spacial score (nSPS) is 31.9. The minimum atomic E-state index is -1.21. The molecule has 0 spiro atoms. The molecule has 0 aromatic heterocycles. The molecule has 0 aromatic rings. The van der Waals surface area contributed by atoms with Crippen LogP contribution >= 0.6 is 0 Å². The van der Waals surface area contributed by atoms with E-state index in [0.29, 0.717) is 0 Å². The molecule has 1 aliphatic heterocycles. The van der Waals surface area contributed by atoms with E-state index < -0.39 is 23.8 Å². The van der Waals surface area contributed by atoms with Gasteiger partial charge in [0.25, 0.3) is 0 Å². The summed E-state index contributed by atoms with van der Waals surface area (Å²) in [6.45, 7) is 1.48. The zero-order valence-electron chi connectivity index (χ0n) is 5.49. The molecule has 0 N–H and O–H groups in total. The molecule has 2 atom stereocenters. The van der Waals surface area contributed by atoms with Gasteiger partial charge < -0.3 is 14.6 Å². The lowest BCUT2D eigenvalue weighted by Gasteiger charge is -2.10. The molecule has 4 heteroatoms. The molecule has 10 heavy (non-hydrogen) atoms. The highest BCUT2D eigenvalue weighted by Gasteiger charge is 2.33. The van der Waals surface area contributed by atoms with Crippen LogP contribution in [0.15, 0.2) is 0 Å². The summed E-state index contributed by atoms with van der Waals surface area (Å²) in [4.78, 5) is 20.8. The fourth-order valence-electron chi connectivity index (χ4n) is 0.884. The molecule has 0 bridgehead atoms. The highest BCUT2D eigenvalue weighted by atomic mass is 16.5. The molecular weight excluding hydrogens is 136 g/mol. The van der Waals surface area contributed by atoms with E-state index in [1.807, 2.05) is 0 Å². The molecule has 4 nitrogen and oxygen atoms in total. The number of carbonyl (C=O) groups excluding carboxylic acids is 2. The van der Waals surface area contributed by atoms with Crippen LogP contribution < -0.4 is 5.11 Å². The monoisotopic (exact) mass is 143 g/mol. The summed E-state index contributed by atoms with van der Waals surface area (Å²) in [6.07, 6.45) is 0. The molecular formula is C6H7O4-. The largest absolute Gasteiger partial charge is 0.550 e. The fourth-order valence-corrected chi connectivity index (χ4v) is 0.884. The van der Waals surface area contributed by atoms with Crippen LogP contribution in [-0.4, -0.2) is 18.5 Å². The van der Waals surface area contributed by atoms with E-state index in [-0.39, 0.29) is 6.61 Å². The Morgan fingerprint density at radius 2 is 2.40 bits per heavy atom. The first-order chi connectivity index (χ1) is 4.63. The summed E-state index contributed by atoms with van der Waals surface area (Å²) in [5.74, 6) is -2.97. The topological polar surface area (TPSA) is 66.4 Å². The molecule has 1 saturated heterocycles. The maximum absolute atomic E-state index is 10.6. The van der Waals surface area contributed by atoms with Gasteiger partial charge in [0.05, 0.1) is 5.92 Å². The van der Waals surface area contributed by atoms with Gasteiger partial charge in [0.2, 0.25) is 0 Å². The Hall–Kier alpha value is -1.06. The summed E-state index contributed by atoms with van der Waals surface area (Å²) in [5, 5.41) is 10.2. The first-order valence-corrected chi connectivity index (χ1v) is 3.00. The van der Waals surface area contributed by atoms with Crippen LogP contribution in [0.5, 0.6) is 0 Å². The molecule has 0 unspecified atom stereocenters. The highest BCUT2D eigenvalue weighted by Crippen LogP contribution is 2.20. The molecule has 0 radical (unpaired) electrons. The molecule has 56 valence electrons. The molecule has 1 aliphatic rings. The van der Waals surface area contributed by atoms with Gasteiger partial charge in [-0.2, -0.15) is 0 Å². The Morgan fingerprint density at radius 1 is 1.80 bits per heavy atom. The zero-order valence-corrected chi connectivity index (χ0v) is 5.49. The SMILES string of the molecule is C[C@H]1C(=O)OC[C@@H]1C(=O)[O-]. The number of carboxylic acids is 1. The summed E-state index contributed by atoms with van der Waals surface area (Å²) in [6, 6.07) is 0. The summed E-state index contributed by atoms with van der Waals surface area (Å²) in [5.41, 5.74) is 0. The quantitative estimate of drug-likeness (QED) is 0.421. The van der Waals surface area contributed by atoms with Gasteiger partial charge >= 0.3 is 5.97 Å². The van der Waals surface area contributed by atoms with Crippen molar-refractivity contribution < 1.29 is 19.4 Å². The number of esters is 1. The van der Waals surface area contributed by atoms with E-state index in [9.17, 15) is 14.7 Å². The van der Waals surface area contributed by atoms with Gasteiger partial charge in [-0.1, -0.05) is 6.92 Å². The first kappa shape index (κ1) is 7.05. The van der Waals surface area contributed by atoms with Crippen molar-refractivity contribution in [2.45, 2.75) is 6.92 Å². The Morgan fingerprint density at radius 3 is 2.60 bits per heavy atom. The second-order valence-corrected chi connectivity index (χ2v) is 2.34. The average Bonchev–Trinajstić information content (AvgIpc) is 2.14. The number of carbonyl (C=O) groups is 2. The number of rotatable bonds is 1. The average molecular weight is 143 g/mol. The molecule has 1 rings (SSSR count). The Balaban J connectivity index is 2.66. The molecule has 0 amide bonds. The van der Waals surface area contributed by atoms with E-state index in [0.717, 1.165) is 0 Å². The predicted octanol–water partition coefficient (Wildman–Crippen LogP) is -1.45. The Kier molecular flexibility index (Phi) is 1.61. The molecule has 0 aromatic carbocycles. The van der Waals surface area contributed by atoms with Crippen LogP contribution in [0, 0.1) is 11.8 Å². The van der Waals surface area contributed by atoms with Gasteiger partial charge in [-0.3, -0.25) is 4.79 Å². The van der Waals surface area contributed by atoms with Crippen LogP contribution in [0.25, 0.3) is 0 Å². The van der Waals surface area contributed by atoms with Gasteiger partial charge in [0, 0.05) is 11.9 Å². The van der Waals surface area contributed by atoms with Crippen molar-refractivity contribution in [3.8, 4) is 0 Å². The number of hydrogen-bond acceptors (Lipinski definition) is 4. The van der Waals surface area contributed by atoms with Gasteiger partial charge in [-0.15, -0.1) is 0 Å². The van der Waals surface area contributed by atoms with Crippen LogP contribution in [-0.2, 0) is 14.3 Å².